The molecule has 1 aliphatic rings. The number of anilines is 1. The molecule has 24 heavy (non-hydrogen) atoms. The van der Waals surface area contributed by atoms with Crippen LogP contribution in [0.2, 0.25) is 0 Å². The Hall–Kier alpha value is -2.96. The number of nitrogens with one attached hydrogen (secondary N) is 2. The summed E-state index contributed by atoms with van der Waals surface area (Å²) in [6, 6.07) is 9.90. The molecule has 0 radical (unpaired) electrons. The topological polar surface area (TPSA) is 83.8 Å². The maximum Gasteiger partial charge on any atom is 0.315 e. The predicted octanol–water partition coefficient (Wildman–Crippen LogP) is 1.89. The van der Waals surface area contributed by atoms with Gasteiger partial charge in [0.15, 0.2) is 0 Å². The monoisotopic (exact) mass is 329 g/mol. The zero-order valence-electron chi connectivity index (χ0n) is 13.3. The van der Waals surface area contributed by atoms with Crippen LogP contribution in [0.1, 0.15) is 12.2 Å². The zero-order valence-corrected chi connectivity index (χ0v) is 13.3. The smallest absolute Gasteiger partial charge is 0.315 e. The number of rotatable bonds is 5. The number of hydrogen-bond donors (Lipinski definition) is 2. The molecule has 2 aromatic rings. The number of para-hydroxylation sites is 2. The normalized spacial score (nSPS) is 17.0. The standard InChI is InChI=1S/C17H19N3O4/c1-23-15-7-3-2-6-14(15)20-9-8-13(16(20)21)19-17(22)18-11-12-5-4-10-24-12/h2-7,10,13H,8-9,11H2,1H3,(H2,18,19,22). The van der Waals surface area contributed by atoms with E-state index in [0.717, 1.165) is 0 Å². The SMILES string of the molecule is COc1ccccc1N1CCC(NC(=O)NCc2ccco2)C1=O. The van der Waals surface area contributed by atoms with Crippen molar-refractivity contribution in [2.45, 2.75) is 19.0 Å². The van der Waals surface area contributed by atoms with Gasteiger partial charge in [0.25, 0.3) is 0 Å². The van der Waals surface area contributed by atoms with Crippen molar-refractivity contribution in [1.82, 2.24) is 10.6 Å². The lowest BCUT2D eigenvalue weighted by Crippen LogP contribution is -2.45. The van der Waals surface area contributed by atoms with E-state index >= 15 is 0 Å². The Bertz CT molecular complexity index is 714. The highest BCUT2D eigenvalue weighted by Gasteiger charge is 2.34. The Morgan fingerprint density at radius 3 is 2.92 bits per heavy atom. The molecule has 1 aromatic heterocycles. The summed E-state index contributed by atoms with van der Waals surface area (Å²) in [5, 5.41) is 5.37. The summed E-state index contributed by atoms with van der Waals surface area (Å²) in [6.45, 7) is 0.804. The van der Waals surface area contributed by atoms with Crippen LogP contribution in [0.4, 0.5) is 10.5 Å². The zero-order chi connectivity index (χ0) is 16.9. The molecule has 1 unspecified atom stereocenters. The molecule has 1 saturated heterocycles. The maximum absolute atomic E-state index is 12.6. The van der Waals surface area contributed by atoms with E-state index in [4.69, 9.17) is 9.15 Å². The molecule has 1 fully saturated rings. The van der Waals surface area contributed by atoms with E-state index in [9.17, 15) is 9.59 Å². The molecular formula is C17H19N3O4. The second-order valence-electron chi connectivity index (χ2n) is 5.41. The number of nitrogens with zero attached hydrogens (tertiary/aromatic N) is 1. The fraction of sp³-hybridized carbons (Fsp3) is 0.294. The highest BCUT2D eigenvalue weighted by atomic mass is 16.5. The summed E-state index contributed by atoms with van der Waals surface area (Å²) in [5.41, 5.74) is 0.713. The summed E-state index contributed by atoms with van der Waals surface area (Å²) >= 11 is 0. The minimum Gasteiger partial charge on any atom is -0.495 e. The molecule has 3 rings (SSSR count). The van der Waals surface area contributed by atoms with Gasteiger partial charge in [0.1, 0.15) is 17.6 Å². The third-order valence-corrected chi connectivity index (χ3v) is 3.89. The number of urea groups is 1. The van der Waals surface area contributed by atoms with Crippen molar-refractivity contribution in [2.24, 2.45) is 0 Å². The molecule has 1 atom stereocenters. The van der Waals surface area contributed by atoms with E-state index < -0.39 is 12.1 Å². The average Bonchev–Trinajstić information content (AvgIpc) is 3.24. The first-order valence-corrected chi connectivity index (χ1v) is 7.70. The first-order valence-electron chi connectivity index (χ1n) is 7.70. The van der Waals surface area contributed by atoms with Crippen molar-refractivity contribution in [1.29, 1.82) is 0 Å². The van der Waals surface area contributed by atoms with E-state index in [0.29, 0.717) is 30.2 Å². The fourth-order valence-electron chi connectivity index (χ4n) is 2.70. The molecule has 126 valence electrons. The van der Waals surface area contributed by atoms with Gasteiger partial charge < -0.3 is 24.7 Å². The molecule has 2 heterocycles. The summed E-state index contributed by atoms with van der Waals surface area (Å²) in [4.78, 5) is 26.1. The summed E-state index contributed by atoms with van der Waals surface area (Å²) in [5.74, 6) is 1.14. The lowest BCUT2D eigenvalue weighted by atomic mass is 10.2. The van der Waals surface area contributed by atoms with E-state index in [-0.39, 0.29) is 12.5 Å². The Kier molecular flexibility index (Phi) is 4.69. The van der Waals surface area contributed by atoms with Gasteiger partial charge in [-0.2, -0.15) is 0 Å². The molecule has 1 aliphatic heterocycles. The second-order valence-corrected chi connectivity index (χ2v) is 5.41. The van der Waals surface area contributed by atoms with Gasteiger partial charge in [-0.25, -0.2) is 4.79 Å². The van der Waals surface area contributed by atoms with Crippen LogP contribution in [0.15, 0.2) is 47.1 Å². The van der Waals surface area contributed by atoms with Crippen LogP contribution in [-0.2, 0) is 11.3 Å². The van der Waals surface area contributed by atoms with Crippen LogP contribution in [0, 0.1) is 0 Å². The number of amides is 3. The van der Waals surface area contributed by atoms with Crippen molar-refractivity contribution in [3.8, 4) is 5.75 Å². The van der Waals surface area contributed by atoms with Gasteiger partial charge in [-0.1, -0.05) is 12.1 Å². The maximum atomic E-state index is 12.6. The Balaban J connectivity index is 1.58. The lowest BCUT2D eigenvalue weighted by Gasteiger charge is -2.19. The third kappa shape index (κ3) is 3.34. The van der Waals surface area contributed by atoms with Gasteiger partial charge in [0.05, 0.1) is 25.6 Å². The van der Waals surface area contributed by atoms with Gasteiger partial charge in [-0.05, 0) is 30.7 Å². The van der Waals surface area contributed by atoms with Gasteiger partial charge >= 0.3 is 6.03 Å². The molecular weight excluding hydrogens is 310 g/mol. The van der Waals surface area contributed by atoms with Gasteiger partial charge in [0, 0.05) is 6.54 Å². The van der Waals surface area contributed by atoms with Crippen molar-refractivity contribution >= 4 is 17.6 Å². The van der Waals surface area contributed by atoms with Gasteiger partial charge in [-0.15, -0.1) is 0 Å². The molecule has 0 bridgehead atoms. The number of hydrogen-bond acceptors (Lipinski definition) is 4. The molecule has 0 saturated carbocycles. The van der Waals surface area contributed by atoms with Gasteiger partial charge in [0.2, 0.25) is 5.91 Å². The highest BCUT2D eigenvalue weighted by Crippen LogP contribution is 2.30. The summed E-state index contributed by atoms with van der Waals surface area (Å²) in [7, 11) is 1.57. The quantitative estimate of drug-likeness (QED) is 0.877. The van der Waals surface area contributed by atoms with E-state index in [2.05, 4.69) is 10.6 Å². The molecule has 0 aliphatic carbocycles. The van der Waals surface area contributed by atoms with Crippen LogP contribution < -0.4 is 20.3 Å². The number of furan rings is 1. The number of methoxy groups -OCH3 is 1. The summed E-state index contributed by atoms with van der Waals surface area (Å²) in [6.07, 6.45) is 2.09. The Labute approximate surface area is 139 Å². The second kappa shape index (κ2) is 7.08. The Morgan fingerprint density at radius 2 is 2.17 bits per heavy atom. The van der Waals surface area contributed by atoms with Crippen molar-refractivity contribution in [3.63, 3.8) is 0 Å². The first kappa shape index (κ1) is 15.9. The van der Waals surface area contributed by atoms with Crippen LogP contribution in [0.25, 0.3) is 0 Å². The number of carbonyl (C=O) groups is 2. The molecule has 1 aromatic carbocycles. The molecule has 0 spiro atoms. The molecule has 7 heteroatoms. The van der Waals surface area contributed by atoms with Crippen molar-refractivity contribution < 1.29 is 18.7 Å². The van der Waals surface area contributed by atoms with Crippen LogP contribution in [0.5, 0.6) is 5.75 Å². The van der Waals surface area contributed by atoms with Crippen LogP contribution >= 0.6 is 0 Å². The minimum absolute atomic E-state index is 0.146. The van der Waals surface area contributed by atoms with Crippen molar-refractivity contribution in [3.05, 3.63) is 48.4 Å². The summed E-state index contributed by atoms with van der Waals surface area (Å²) < 4.78 is 10.4. The number of benzene rings is 1. The van der Waals surface area contributed by atoms with Gasteiger partial charge in [-0.3, -0.25) is 4.79 Å². The highest BCUT2D eigenvalue weighted by molar-refractivity contribution is 6.02. The first-order chi connectivity index (χ1) is 11.7. The molecule has 2 N–H and O–H groups in total. The Morgan fingerprint density at radius 1 is 1.33 bits per heavy atom. The largest absolute Gasteiger partial charge is 0.495 e. The fourth-order valence-corrected chi connectivity index (χ4v) is 2.70. The lowest BCUT2D eigenvalue weighted by molar-refractivity contribution is -0.118. The van der Waals surface area contributed by atoms with E-state index in [1.54, 1.807) is 36.5 Å². The van der Waals surface area contributed by atoms with E-state index in [1.807, 2.05) is 18.2 Å². The third-order valence-electron chi connectivity index (χ3n) is 3.89. The van der Waals surface area contributed by atoms with Crippen LogP contribution in [-0.4, -0.2) is 31.6 Å². The van der Waals surface area contributed by atoms with Crippen molar-refractivity contribution in [2.75, 3.05) is 18.6 Å². The molecule has 7 nitrogen and oxygen atoms in total. The van der Waals surface area contributed by atoms with E-state index in [1.165, 1.54) is 0 Å². The predicted molar refractivity (Wildman–Crippen MR) is 87.8 cm³/mol. The number of carbonyl (C=O) groups excluding carboxylic acids is 2. The minimum atomic E-state index is -0.550. The molecule has 3 amide bonds. The number of ether oxygens (including phenoxy) is 1. The average molecular weight is 329 g/mol. The van der Waals surface area contributed by atoms with Crippen LogP contribution in [0.3, 0.4) is 0 Å².